The Morgan fingerprint density at radius 1 is 1.15 bits per heavy atom. The molecule has 4 atom stereocenters. The summed E-state index contributed by atoms with van der Waals surface area (Å²) in [6.07, 6.45) is 9.08. The van der Waals surface area contributed by atoms with E-state index in [4.69, 9.17) is 0 Å². The molecule has 0 aromatic heterocycles. The molecular formula is C18H24NSi-. The third kappa shape index (κ3) is 2.01. The lowest BCUT2D eigenvalue weighted by molar-refractivity contribution is 0.562. The Bertz CT molecular complexity index is 538. The van der Waals surface area contributed by atoms with Crippen molar-refractivity contribution >= 4 is 8.96 Å². The van der Waals surface area contributed by atoms with Crippen molar-refractivity contribution in [2.24, 2.45) is 11.8 Å². The van der Waals surface area contributed by atoms with E-state index in [0.717, 1.165) is 23.3 Å². The number of rotatable bonds is 2. The first-order valence-electron chi connectivity index (χ1n) is 8.05. The van der Waals surface area contributed by atoms with Crippen molar-refractivity contribution in [2.75, 3.05) is 13.6 Å². The van der Waals surface area contributed by atoms with Crippen molar-refractivity contribution in [3.05, 3.63) is 47.5 Å². The summed E-state index contributed by atoms with van der Waals surface area (Å²) in [5.74, 6) is 2.50. The second-order valence-electron chi connectivity index (χ2n) is 6.96. The first-order chi connectivity index (χ1) is 9.72. The monoisotopic (exact) mass is 282 g/mol. The molecule has 2 heteroatoms. The summed E-state index contributed by atoms with van der Waals surface area (Å²) in [6.45, 7) is 3.77. The van der Waals surface area contributed by atoms with Gasteiger partial charge in [-0.25, -0.2) is 0 Å². The molecule has 1 heterocycles. The quantitative estimate of drug-likeness (QED) is 0.586. The van der Waals surface area contributed by atoms with Gasteiger partial charge in [0.25, 0.3) is 0 Å². The van der Waals surface area contributed by atoms with Crippen LogP contribution in [-0.2, 0) is 0 Å². The minimum absolute atomic E-state index is 0.356. The highest BCUT2D eigenvalue weighted by atomic mass is 28.3. The molecule has 4 rings (SSSR count). The van der Waals surface area contributed by atoms with E-state index < -0.39 is 0 Å². The number of hydrogen-bond donors (Lipinski definition) is 0. The minimum Gasteiger partial charge on any atom is -0.477 e. The number of hydrogen-bond acceptors (Lipinski definition) is 1. The van der Waals surface area contributed by atoms with E-state index in [1.165, 1.54) is 25.8 Å². The molecular weight excluding hydrogens is 258 g/mol. The van der Waals surface area contributed by atoms with Gasteiger partial charge < -0.3 is 4.57 Å². The minimum atomic E-state index is -0.356. The largest absolute Gasteiger partial charge is 0.477 e. The number of benzene rings is 1. The van der Waals surface area contributed by atoms with E-state index in [9.17, 15) is 0 Å². The van der Waals surface area contributed by atoms with Crippen LogP contribution in [0, 0.1) is 11.8 Å². The zero-order valence-electron chi connectivity index (χ0n) is 12.5. The van der Waals surface area contributed by atoms with Crippen LogP contribution in [0.1, 0.15) is 41.8 Å². The summed E-state index contributed by atoms with van der Waals surface area (Å²) in [5, 5.41) is 0. The predicted octanol–water partition coefficient (Wildman–Crippen LogP) is 3.95. The van der Waals surface area contributed by atoms with Gasteiger partial charge in [-0.1, -0.05) is 48.4 Å². The van der Waals surface area contributed by atoms with Gasteiger partial charge in [0.1, 0.15) is 0 Å². The van der Waals surface area contributed by atoms with E-state index in [1.54, 1.807) is 11.1 Å². The summed E-state index contributed by atoms with van der Waals surface area (Å²) in [4.78, 5) is 0. The van der Waals surface area contributed by atoms with Crippen LogP contribution in [0.3, 0.4) is 0 Å². The zero-order chi connectivity index (χ0) is 13.7. The first-order valence-corrected chi connectivity index (χ1v) is 10.1. The molecule has 4 unspecified atom stereocenters. The smallest absolute Gasteiger partial charge is 0.00931 e. The highest BCUT2D eigenvalue weighted by Gasteiger charge is 2.36. The molecule has 106 valence electrons. The van der Waals surface area contributed by atoms with Gasteiger partial charge in [-0.3, -0.25) is 0 Å². The van der Waals surface area contributed by atoms with Gasteiger partial charge in [0, 0.05) is 0 Å². The fraction of sp³-hybridized carbons (Fsp3) is 0.556. The van der Waals surface area contributed by atoms with Crippen LogP contribution >= 0.6 is 0 Å². The Kier molecular flexibility index (Phi) is 3.12. The number of fused-ring (bicyclic) bond motifs is 2. The summed E-state index contributed by atoms with van der Waals surface area (Å²) >= 11 is 0. The van der Waals surface area contributed by atoms with Crippen LogP contribution in [0.4, 0.5) is 0 Å². The molecule has 2 fully saturated rings. The molecule has 1 saturated carbocycles. The summed E-state index contributed by atoms with van der Waals surface area (Å²) in [5.41, 5.74) is 4.07. The molecule has 1 nitrogen and oxygen atoms in total. The molecule has 1 aromatic rings. The van der Waals surface area contributed by atoms with E-state index in [0.29, 0.717) is 0 Å². The van der Waals surface area contributed by atoms with Crippen molar-refractivity contribution in [2.45, 2.75) is 37.3 Å². The molecule has 2 bridgehead atoms. The molecule has 0 N–H and O–H groups in total. The zero-order valence-corrected chi connectivity index (χ0v) is 13.5. The van der Waals surface area contributed by atoms with E-state index in [-0.39, 0.29) is 8.96 Å². The molecule has 0 spiro atoms. The Morgan fingerprint density at radius 3 is 2.65 bits per heavy atom. The van der Waals surface area contributed by atoms with Gasteiger partial charge >= 0.3 is 0 Å². The standard InChI is InChI=1S/C18H24NSi/c1-19-9-8-18(20(19)2)16-5-3-4-14(12-16)17-11-13-6-7-15(17)10-13/h3-7,12-13,15,17-18H,8-11H2,1-2H3/q-1. The molecule has 3 aliphatic rings. The fourth-order valence-electron chi connectivity index (χ4n) is 4.55. The lowest BCUT2D eigenvalue weighted by atomic mass is 9.86. The lowest BCUT2D eigenvalue weighted by Gasteiger charge is -2.34. The van der Waals surface area contributed by atoms with Crippen molar-refractivity contribution in [3.8, 4) is 0 Å². The van der Waals surface area contributed by atoms with Crippen LogP contribution in [0.2, 0.25) is 6.55 Å². The number of nitrogens with zero attached hydrogens (tertiary/aromatic N) is 1. The highest BCUT2D eigenvalue weighted by molar-refractivity contribution is 6.56. The molecule has 1 saturated heterocycles. The van der Waals surface area contributed by atoms with Gasteiger partial charge in [0.05, 0.1) is 0 Å². The molecule has 20 heavy (non-hydrogen) atoms. The molecule has 1 aliphatic heterocycles. The Morgan fingerprint density at radius 2 is 2.00 bits per heavy atom. The van der Waals surface area contributed by atoms with Crippen molar-refractivity contribution in [1.82, 2.24) is 4.57 Å². The van der Waals surface area contributed by atoms with Crippen LogP contribution in [0.25, 0.3) is 0 Å². The normalized spacial score (nSPS) is 37.1. The summed E-state index contributed by atoms with van der Waals surface area (Å²) < 4.78 is 2.60. The van der Waals surface area contributed by atoms with Crippen molar-refractivity contribution in [1.29, 1.82) is 0 Å². The maximum atomic E-state index is 2.60. The van der Waals surface area contributed by atoms with E-state index >= 15 is 0 Å². The molecule has 0 radical (unpaired) electrons. The Balaban J connectivity index is 1.60. The second-order valence-corrected chi connectivity index (χ2v) is 9.70. The summed E-state index contributed by atoms with van der Waals surface area (Å²) in [6, 6.07) is 9.62. The highest BCUT2D eigenvalue weighted by Crippen LogP contribution is 2.49. The average Bonchev–Trinajstić information content (AvgIpc) is 3.17. The fourth-order valence-corrected chi connectivity index (χ4v) is 6.77. The third-order valence-corrected chi connectivity index (χ3v) is 8.94. The maximum absolute atomic E-state index is 2.60. The van der Waals surface area contributed by atoms with Crippen LogP contribution < -0.4 is 0 Å². The van der Waals surface area contributed by atoms with Crippen LogP contribution in [-0.4, -0.2) is 27.1 Å². The Hall–Kier alpha value is -0.863. The van der Waals surface area contributed by atoms with Gasteiger partial charge in [0.15, 0.2) is 0 Å². The van der Waals surface area contributed by atoms with Gasteiger partial charge in [0.2, 0.25) is 0 Å². The summed E-state index contributed by atoms with van der Waals surface area (Å²) in [7, 11) is 1.95. The third-order valence-electron chi connectivity index (χ3n) is 5.88. The van der Waals surface area contributed by atoms with Gasteiger partial charge in [-0.2, -0.15) is 15.5 Å². The topological polar surface area (TPSA) is 3.24 Å². The average molecular weight is 282 g/mol. The van der Waals surface area contributed by atoms with Crippen LogP contribution in [0.15, 0.2) is 36.4 Å². The second kappa shape index (κ2) is 4.85. The predicted molar refractivity (Wildman–Crippen MR) is 86.1 cm³/mol. The SMILES string of the molecule is CN1CCC(c2cccc(C3CC4C=CC3C4)c2)[Si-]1C. The van der Waals surface area contributed by atoms with Crippen molar-refractivity contribution < 1.29 is 0 Å². The van der Waals surface area contributed by atoms with Gasteiger partial charge in [-0.05, 0) is 49.8 Å². The molecule has 2 aliphatic carbocycles. The Labute approximate surface area is 124 Å². The molecule has 0 amide bonds. The van der Waals surface area contributed by atoms with Crippen LogP contribution in [0.5, 0.6) is 0 Å². The first kappa shape index (κ1) is 12.8. The van der Waals surface area contributed by atoms with E-state index in [2.05, 4.69) is 54.6 Å². The molecule has 1 aromatic carbocycles. The number of allylic oxidation sites excluding steroid dienone is 2. The maximum Gasteiger partial charge on any atom is -0.00931 e. The van der Waals surface area contributed by atoms with E-state index in [1.807, 2.05) is 0 Å². The van der Waals surface area contributed by atoms with Gasteiger partial charge in [-0.15, -0.1) is 5.54 Å². The van der Waals surface area contributed by atoms with Crippen molar-refractivity contribution in [3.63, 3.8) is 0 Å². The lowest BCUT2D eigenvalue weighted by Crippen LogP contribution is -2.30.